The highest BCUT2D eigenvalue weighted by Gasteiger charge is 2.06. The highest BCUT2D eigenvalue weighted by Crippen LogP contribution is 2.30. The van der Waals surface area contributed by atoms with Crippen LogP contribution in [0, 0.1) is 0 Å². The van der Waals surface area contributed by atoms with E-state index in [1.807, 2.05) is 0 Å². The van der Waals surface area contributed by atoms with E-state index in [2.05, 4.69) is 20.9 Å². The molecule has 0 aliphatic rings. The van der Waals surface area contributed by atoms with Crippen LogP contribution < -0.4 is 4.74 Å². The molecule has 0 saturated carbocycles. The van der Waals surface area contributed by atoms with Gasteiger partial charge in [0, 0.05) is 6.07 Å². The number of rotatable bonds is 1. The molecule has 60 valence electrons. The SMILES string of the molecule is COc1cc(Cl)c(Br)nc1Cl. The molecule has 0 fully saturated rings. The lowest BCUT2D eigenvalue weighted by Gasteiger charge is -2.02. The number of hydrogen-bond acceptors (Lipinski definition) is 2. The highest BCUT2D eigenvalue weighted by atomic mass is 79.9. The zero-order valence-electron chi connectivity index (χ0n) is 5.57. The summed E-state index contributed by atoms with van der Waals surface area (Å²) in [4.78, 5) is 3.87. The van der Waals surface area contributed by atoms with Crippen molar-refractivity contribution in [2.75, 3.05) is 7.11 Å². The van der Waals surface area contributed by atoms with Gasteiger partial charge in [0.05, 0.1) is 12.1 Å². The summed E-state index contributed by atoms with van der Waals surface area (Å²) in [6, 6.07) is 1.60. The molecule has 1 aromatic rings. The molecule has 0 amide bonds. The lowest BCUT2D eigenvalue weighted by Crippen LogP contribution is -1.87. The van der Waals surface area contributed by atoms with Crippen LogP contribution in [0.25, 0.3) is 0 Å². The Hall–Kier alpha value is 0.01000. The van der Waals surface area contributed by atoms with Crippen molar-refractivity contribution >= 4 is 39.1 Å². The van der Waals surface area contributed by atoms with Crippen molar-refractivity contribution < 1.29 is 4.74 Å². The number of pyridine rings is 1. The minimum atomic E-state index is 0.295. The average molecular weight is 257 g/mol. The van der Waals surface area contributed by atoms with Crippen LogP contribution in [0.3, 0.4) is 0 Å². The Balaban J connectivity index is 3.21. The number of hydrogen-bond donors (Lipinski definition) is 0. The van der Waals surface area contributed by atoms with Gasteiger partial charge in [0.1, 0.15) is 4.60 Å². The average Bonchev–Trinajstić information content (AvgIpc) is 1.97. The molecule has 0 aromatic carbocycles. The van der Waals surface area contributed by atoms with Gasteiger partial charge in [-0.15, -0.1) is 0 Å². The molecule has 0 atom stereocenters. The molecule has 5 heteroatoms. The third kappa shape index (κ3) is 1.98. The second-order valence-corrected chi connectivity index (χ2v) is 3.27. The molecular formula is C6H4BrCl2NO. The Morgan fingerprint density at radius 3 is 2.73 bits per heavy atom. The number of halogens is 3. The molecule has 0 unspecified atom stereocenters. The van der Waals surface area contributed by atoms with Crippen molar-refractivity contribution in [1.29, 1.82) is 0 Å². The fraction of sp³-hybridized carbons (Fsp3) is 0.167. The molecule has 0 aliphatic carbocycles. The van der Waals surface area contributed by atoms with E-state index < -0.39 is 0 Å². The molecule has 0 spiro atoms. The van der Waals surface area contributed by atoms with Crippen LogP contribution in [0.4, 0.5) is 0 Å². The normalized spacial score (nSPS) is 9.82. The first-order valence-electron chi connectivity index (χ1n) is 2.70. The van der Waals surface area contributed by atoms with Crippen LogP contribution >= 0.6 is 39.1 Å². The standard InChI is InChI=1S/C6H4BrCl2NO/c1-11-4-2-3(8)5(7)10-6(4)9/h2H,1H3. The van der Waals surface area contributed by atoms with Gasteiger partial charge in [-0.1, -0.05) is 23.2 Å². The summed E-state index contributed by atoms with van der Waals surface area (Å²) in [5.41, 5.74) is 0. The van der Waals surface area contributed by atoms with Crippen LogP contribution in [0.1, 0.15) is 0 Å². The van der Waals surface area contributed by atoms with E-state index in [-0.39, 0.29) is 0 Å². The van der Waals surface area contributed by atoms with E-state index in [1.165, 1.54) is 7.11 Å². The summed E-state index contributed by atoms with van der Waals surface area (Å²) < 4.78 is 5.40. The van der Waals surface area contributed by atoms with Crippen molar-refractivity contribution in [3.63, 3.8) is 0 Å². The lowest BCUT2D eigenvalue weighted by atomic mass is 10.5. The predicted molar refractivity (Wildman–Crippen MR) is 48.5 cm³/mol. The number of ether oxygens (including phenoxy) is 1. The van der Waals surface area contributed by atoms with Gasteiger partial charge in [-0.05, 0) is 15.9 Å². The third-order valence-electron chi connectivity index (χ3n) is 1.07. The fourth-order valence-electron chi connectivity index (χ4n) is 0.572. The van der Waals surface area contributed by atoms with Gasteiger partial charge in [-0.3, -0.25) is 0 Å². The Labute approximate surface area is 82.6 Å². The summed E-state index contributed by atoms with van der Waals surface area (Å²) >= 11 is 14.5. The van der Waals surface area contributed by atoms with Crippen LogP contribution in [0.2, 0.25) is 10.2 Å². The quantitative estimate of drug-likeness (QED) is 0.721. The Morgan fingerprint density at radius 2 is 2.18 bits per heavy atom. The van der Waals surface area contributed by atoms with Crippen LogP contribution in [0.5, 0.6) is 5.75 Å². The van der Waals surface area contributed by atoms with Gasteiger partial charge < -0.3 is 4.74 Å². The fourth-order valence-corrected chi connectivity index (χ4v) is 1.32. The Bertz CT molecular complexity index is 280. The van der Waals surface area contributed by atoms with Gasteiger partial charge in [0.2, 0.25) is 0 Å². The summed E-state index contributed by atoms with van der Waals surface area (Å²) in [5.74, 6) is 0.472. The summed E-state index contributed by atoms with van der Waals surface area (Å²) in [6.07, 6.45) is 0. The summed E-state index contributed by atoms with van der Waals surface area (Å²) in [6.45, 7) is 0. The van der Waals surface area contributed by atoms with Crippen LogP contribution in [-0.2, 0) is 0 Å². The van der Waals surface area contributed by atoms with E-state index in [4.69, 9.17) is 27.9 Å². The molecule has 11 heavy (non-hydrogen) atoms. The van der Waals surface area contributed by atoms with Gasteiger partial charge in [0.25, 0.3) is 0 Å². The summed E-state index contributed by atoms with van der Waals surface area (Å²) in [7, 11) is 1.51. The van der Waals surface area contributed by atoms with E-state index in [1.54, 1.807) is 6.07 Å². The zero-order valence-corrected chi connectivity index (χ0v) is 8.66. The van der Waals surface area contributed by atoms with E-state index in [9.17, 15) is 0 Å². The lowest BCUT2D eigenvalue weighted by molar-refractivity contribution is 0.413. The van der Waals surface area contributed by atoms with Crippen LogP contribution in [0.15, 0.2) is 10.7 Å². The minimum absolute atomic E-state index is 0.295. The van der Waals surface area contributed by atoms with Crippen molar-refractivity contribution in [3.8, 4) is 5.75 Å². The van der Waals surface area contributed by atoms with E-state index in [0.29, 0.717) is 20.5 Å². The third-order valence-corrected chi connectivity index (χ3v) is 2.47. The predicted octanol–water partition coefficient (Wildman–Crippen LogP) is 3.16. The number of nitrogens with zero attached hydrogens (tertiary/aromatic N) is 1. The zero-order chi connectivity index (χ0) is 8.43. The molecule has 1 rings (SSSR count). The molecular weight excluding hydrogens is 253 g/mol. The van der Waals surface area contributed by atoms with Crippen molar-refractivity contribution in [3.05, 3.63) is 20.8 Å². The maximum Gasteiger partial charge on any atom is 0.172 e. The first-order chi connectivity index (χ1) is 5.15. The Morgan fingerprint density at radius 1 is 1.55 bits per heavy atom. The Kier molecular flexibility index (Phi) is 2.98. The van der Waals surface area contributed by atoms with Crippen molar-refractivity contribution in [2.45, 2.75) is 0 Å². The van der Waals surface area contributed by atoms with Gasteiger partial charge >= 0.3 is 0 Å². The first-order valence-corrected chi connectivity index (χ1v) is 4.25. The molecule has 0 N–H and O–H groups in total. The largest absolute Gasteiger partial charge is 0.493 e. The maximum absolute atomic E-state index is 5.72. The second kappa shape index (κ2) is 3.61. The van der Waals surface area contributed by atoms with E-state index in [0.717, 1.165) is 0 Å². The molecule has 2 nitrogen and oxygen atoms in total. The molecule has 0 saturated heterocycles. The summed E-state index contributed by atoms with van der Waals surface area (Å²) in [5, 5.41) is 0.773. The molecule has 1 heterocycles. The smallest absolute Gasteiger partial charge is 0.172 e. The monoisotopic (exact) mass is 255 g/mol. The van der Waals surface area contributed by atoms with Crippen molar-refractivity contribution in [1.82, 2.24) is 4.98 Å². The second-order valence-electron chi connectivity index (χ2n) is 1.75. The molecule has 1 aromatic heterocycles. The van der Waals surface area contributed by atoms with Crippen molar-refractivity contribution in [2.24, 2.45) is 0 Å². The topological polar surface area (TPSA) is 22.1 Å². The molecule has 0 bridgehead atoms. The number of aromatic nitrogens is 1. The number of methoxy groups -OCH3 is 1. The van der Waals surface area contributed by atoms with Crippen LogP contribution in [-0.4, -0.2) is 12.1 Å². The molecule has 0 radical (unpaired) electrons. The van der Waals surface area contributed by atoms with Gasteiger partial charge in [0.15, 0.2) is 10.9 Å². The maximum atomic E-state index is 5.72. The van der Waals surface area contributed by atoms with Gasteiger partial charge in [-0.25, -0.2) is 4.98 Å². The van der Waals surface area contributed by atoms with E-state index >= 15 is 0 Å². The van der Waals surface area contributed by atoms with Gasteiger partial charge in [-0.2, -0.15) is 0 Å². The highest BCUT2D eigenvalue weighted by molar-refractivity contribution is 9.10. The first kappa shape index (κ1) is 9.10. The molecule has 0 aliphatic heterocycles. The minimum Gasteiger partial charge on any atom is -0.493 e.